The number of carboxylic acids is 1. The van der Waals surface area contributed by atoms with Gasteiger partial charge in [0.05, 0.1) is 6.10 Å². The van der Waals surface area contributed by atoms with Crippen LogP contribution < -0.4 is 5.32 Å². The fourth-order valence-corrected chi connectivity index (χ4v) is 4.85. The van der Waals surface area contributed by atoms with E-state index < -0.39 is 36.2 Å². The van der Waals surface area contributed by atoms with Crippen molar-refractivity contribution in [2.45, 2.75) is 50.8 Å². The molecular formula is C27H30N2O6. The Labute approximate surface area is 204 Å². The molecule has 0 spiro atoms. The molecule has 1 saturated heterocycles. The molecule has 2 aromatic rings. The number of rotatable bonds is 7. The summed E-state index contributed by atoms with van der Waals surface area (Å²) in [5.41, 5.74) is 5.33. The van der Waals surface area contributed by atoms with Crippen LogP contribution in [-0.4, -0.2) is 64.4 Å². The SMILES string of the molecule is CC(C)=CCC(NC(=O)OCC1c2ccccc2-c2ccccc21)C(=O)N1CC(O)CC1C(=O)O. The number of β-amino-alcohol motifs (C(OH)–C–C–N with tert-alkyl or cyclic N) is 1. The Hall–Kier alpha value is -3.65. The predicted molar refractivity (Wildman–Crippen MR) is 130 cm³/mol. The number of nitrogens with zero attached hydrogens (tertiary/aromatic N) is 1. The number of carboxylic acid groups (broad SMARTS) is 1. The maximum atomic E-state index is 13.2. The van der Waals surface area contributed by atoms with Crippen molar-refractivity contribution in [3.8, 4) is 11.1 Å². The van der Waals surface area contributed by atoms with Crippen molar-refractivity contribution in [2.75, 3.05) is 13.2 Å². The fourth-order valence-electron chi connectivity index (χ4n) is 4.85. The number of fused-ring (bicyclic) bond motifs is 3. The lowest BCUT2D eigenvalue weighted by atomic mass is 9.98. The molecule has 0 bridgehead atoms. The number of allylic oxidation sites excluding steroid dienone is 1. The summed E-state index contributed by atoms with van der Waals surface area (Å²) in [7, 11) is 0. The molecule has 3 N–H and O–H groups in total. The largest absolute Gasteiger partial charge is 0.480 e. The maximum Gasteiger partial charge on any atom is 0.407 e. The quantitative estimate of drug-likeness (QED) is 0.526. The molecule has 0 saturated carbocycles. The van der Waals surface area contributed by atoms with Crippen LogP contribution in [0, 0.1) is 0 Å². The van der Waals surface area contributed by atoms with Crippen LogP contribution in [0.2, 0.25) is 0 Å². The second-order valence-corrected chi connectivity index (χ2v) is 9.27. The van der Waals surface area contributed by atoms with Gasteiger partial charge in [0.1, 0.15) is 18.7 Å². The minimum absolute atomic E-state index is 0.0403. The number of nitrogens with one attached hydrogen (secondary N) is 1. The summed E-state index contributed by atoms with van der Waals surface area (Å²) in [4.78, 5) is 38.7. The van der Waals surface area contributed by atoms with E-state index in [0.717, 1.165) is 32.7 Å². The first kappa shape index (κ1) is 24.5. The predicted octanol–water partition coefficient (Wildman–Crippen LogP) is 3.30. The Balaban J connectivity index is 1.47. The Morgan fingerprint density at radius 3 is 2.26 bits per heavy atom. The number of amides is 2. The van der Waals surface area contributed by atoms with E-state index in [0.29, 0.717) is 0 Å². The Morgan fingerprint density at radius 1 is 1.09 bits per heavy atom. The first-order valence-electron chi connectivity index (χ1n) is 11.7. The van der Waals surface area contributed by atoms with Gasteiger partial charge in [0.15, 0.2) is 0 Å². The molecule has 3 atom stereocenters. The number of aliphatic hydroxyl groups excluding tert-OH is 1. The molecule has 3 unspecified atom stereocenters. The van der Waals surface area contributed by atoms with Gasteiger partial charge in [0, 0.05) is 18.9 Å². The fraction of sp³-hybridized carbons (Fsp3) is 0.370. The first-order valence-corrected chi connectivity index (χ1v) is 11.7. The van der Waals surface area contributed by atoms with Crippen LogP contribution >= 0.6 is 0 Å². The number of alkyl carbamates (subject to hydrolysis) is 1. The van der Waals surface area contributed by atoms with Gasteiger partial charge in [-0.1, -0.05) is 60.2 Å². The highest BCUT2D eigenvalue weighted by Gasteiger charge is 2.41. The van der Waals surface area contributed by atoms with Gasteiger partial charge in [-0.3, -0.25) is 4.79 Å². The van der Waals surface area contributed by atoms with E-state index in [1.54, 1.807) is 6.08 Å². The van der Waals surface area contributed by atoms with Gasteiger partial charge in [-0.25, -0.2) is 9.59 Å². The molecule has 2 amide bonds. The van der Waals surface area contributed by atoms with E-state index >= 15 is 0 Å². The zero-order valence-corrected chi connectivity index (χ0v) is 19.8. The molecule has 8 nitrogen and oxygen atoms in total. The molecule has 4 rings (SSSR count). The molecular weight excluding hydrogens is 448 g/mol. The molecule has 35 heavy (non-hydrogen) atoms. The highest BCUT2D eigenvalue weighted by atomic mass is 16.5. The summed E-state index contributed by atoms with van der Waals surface area (Å²) in [6.07, 6.45) is 0.276. The zero-order chi connectivity index (χ0) is 25.1. The van der Waals surface area contributed by atoms with Crippen molar-refractivity contribution in [3.05, 3.63) is 71.3 Å². The minimum atomic E-state index is -1.18. The Bertz CT molecular complexity index is 1110. The van der Waals surface area contributed by atoms with Crippen LogP contribution in [0.25, 0.3) is 11.1 Å². The minimum Gasteiger partial charge on any atom is -0.480 e. The number of hydrogen-bond acceptors (Lipinski definition) is 5. The lowest BCUT2D eigenvalue weighted by molar-refractivity contribution is -0.148. The maximum absolute atomic E-state index is 13.2. The van der Waals surface area contributed by atoms with Gasteiger partial charge in [-0.2, -0.15) is 0 Å². The number of ether oxygens (including phenoxy) is 1. The van der Waals surface area contributed by atoms with Crippen molar-refractivity contribution in [3.63, 3.8) is 0 Å². The van der Waals surface area contributed by atoms with Gasteiger partial charge >= 0.3 is 12.1 Å². The summed E-state index contributed by atoms with van der Waals surface area (Å²) in [5, 5.41) is 22.0. The van der Waals surface area contributed by atoms with Gasteiger partial charge in [-0.05, 0) is 42.5 Å². The number of aliphatic hydroxyl groups is 1. The molecule has 0 aromatic heterocycles. The molecule has 184 valence electrons. The number of benzene rings is 2. The smallest absolute Gasteiger partial charge is 0.407 e. The third kappa shape index (κ3) is 5.22. The van der Waals surface area contributed by atoms with Gasteiger partial charge in [-0.15, -0.1) is 0 Å². The number of aliphatic carboxylic acids is 1. The second kappa shape index (κ2) is 10.3. The van der Waals surface area contributed by atoms with Gasteiger partial charge in [0.2, 0.25) is 5.91 Å². The Morgan fingerprint density at radius 2 is 1.69 bits per heavy atom. The Kier molecular flexibility index (Phi) is 7.21. The van der Waals surface area contributed by atoms with Crippen LogP contribution in [0.15, 0.2) is 60.2 Å². The van der Waals surface area contributed by atoms with E-state index in [4.69, 9.17) is 4.74 Å². The summed E-state index contributed by atoms with van der Waals surface area (Å²) in [6, 6.07) is 13.9. The molecule has 1 aliphatic heterocycles. The van der Waals surface area contributed by atoms with Gasteiger partial charge in [0.25, 0.3) is 0 Å². The average Bonchev–Trinajstić information content (AvgIpc) is 3.38. The highest BCUT2D eigenvalue weighted by molar-refractivity contribution is 5.90. The van der Waals surface area contributed by atoms with Crippen molar-refractivity contribution in [1.29, 1.82) is 0 Å². The normalized spacial score (nSPS) is 19.5. The highest BCUT2D eigenvalue weighted by Crippen LogP contribution is 2.44. The van der Waals surface area contributed by atoms with Crippen LogP contribution in [0.1, 0.15) is 43.7 Å². The lowest BCUT2D eigenvalue weighted by Crippen LogP contribution is -2.51. The van der Waals surface area contributed by atoms with Crippen molar-refractivity contribution in [2.24, 2.45) is 0 Å². The standard InChI is InChI=1S/C27H30N2O6/c1-16(2)11-12-23(25(31)29-14-17(30)13-24(29)26(32)33)28-27(34)35-15-22-20-9-5-3-7-18(20)19-8-4-6-10-21(19)22/h3-11,17,22-24,30H,12-15H2,1-2H3,(H,28,34)(H,32,33). The molecule has 2 aromatic carbocycles. The number of carbonyl (C=O) groups is 3. The van der Waals surface area contributed by atoms with Crippen LogP contribution in [0.3, 0.4) is 0 Å². The summed E-state index contributed by atoms with van der Waals surface area (Å²) < 4.78 is 5.58. The molecule has 2 aliphatic rings. The monoisotopic (exact) mass is 478 g/mol. The topological polar surface area (TPSA) is 116 Å². The first-order chi connectivity index (χ1) is 16.8. The zero-order valence-electron chi connectivity index (χ0n) is 19.8. The summed E-state index contributed by atoms with van der Waals surface area (Å²) in [5.74, 6) is -1.86. The molecule has 1 aliphatic carbocycles. The van der Waals surface area contributed by atoms with Crippen molar-refractivity contribution >= 4 is 18.0 Å². The van der Waals surface area contributed by atoms with E-state index in [1.807, 2.05) is 62.4 Å². The number of hydrogen-bond donors (Lipinski definition) is 3. The third-order valence-corrected chi connectivity index (χ3v) is 6.54. The van der Waals surface area contributed by atoms with E-state index in [2.05, 4.69) is 5.32 Å². The van der Waals surface area contributed by atoms with Gasteiger partial charge < -0.3 is 25.2 Å². The van der Waals surface area contributed by atoms with Crippen LogP contribution in [-0.2, 0) is 14.3 Å². The van der Waals surface area contributed by atoms with E-state index in [9.17, 15) is 24.6 Å². The van der Waals surface area contributed by atoms with Crippen LogP contribution in [0.4, 0.5) is 4.79 Å². The molecule has 1 heterocycles. The number of likely N-dealkylation sites (tertiary alicyclic amines) is 1. The third-order valence-electron chi connectivity index (χ3n) is 6.54. The molecule has 8 heteroatoms. The summed E-state index contributed by atoms with van der Waals surface area (Å²) >= 11 is 0. The van der Waals surface area contributed by atoms with E-state index in [-0.39, 0.29) is 31.9 Å². The van der Waals surface area contributed by atoms with E-state index in [1.165, 1.54) is 0 Å². The van der Waals surface area contributed by atoms with Crippen molar-refractivity contribution in [1.82, 2.24) is 10.2 Å². The molecule has 1 fully saturated rings. The lowest BCUT2D eigenvalue weighted by Gasteiger charge is -2.26. The summed E-state index contributed by atoms with van der Waals surface area (Å²) in [6.45, 7) is 3.75. The average molecular weight is 479 g/mol. The number of carbonyl (C=O) groups excluding carboxylic acids is 2. The van der Waals surface area contributed by atoms with Crippen molar-refractivity contribution < 1.29 is 29.3 Å². The van der Waals surface area contributed by atoms with Crippen LogP contribution in [0.5, 0.6) is 0 Å². The second-order valence-electron chi connectivity index (χ2n) is 9.27. The molecule has 0 radical (unpaired) electrons.